The zero-order valence-electron chi connectivity index (χ0n) is 15.5. The molecule has 0 spiro atoms. The molecule has 1 aromatic carbocycles. The van der Waals surface area contributed by atoms with Gasteiger partial charge in [-0.1, -0.05) is 49.5 Å². The zero-order valence-corrected chi connectivity index (χ0v) is 18.1. The molecule has 0 saturated heterocycles. The van der Waals surface area contributed by atoms with Gasteiger partial charge in [0.05, 0.1) is 29.5 Å². The van der Waals surface area contributed by atoms with E-state index < -0.39 is 8.32 Å². The van der Waals surface area contributed by atoms with Crippen molar-refractivity contribution in [1.82, 2.24) is 9.55 Å². The van der Waals surface area contributed by atoms with Gasteiger partial charge in [0, 0.05) is 4.47 Å². The molecule has 1 aliphatic rings. The summed E-state index contributed by atoms with van der Waals surface area (Å²) in [6, 6.07) is 6.77. The summed E-state index contributed by atoms with van der Waals surface area (Å²) in [7, 11) is -1.76. The molecule has 132 valence electrons. The highest BCUT2D eigenvalue weighted by Gasteiger charge is 2.41. The van der Waals surface area contributed by atoms with E-state index in [4.69, 9.17) is 4.43 Å². The Morgan fingerprint density at radius 1 is 1.21 bits per heavy atom. The molecule has 1 aliphatic carbocycles. The van der Waals surface area contributed by atoms with Crippen molar-refractivity contribution in [3.8, 4) is 0 Å². The van der Waals surface area contributed by atoms with E-state index in [1.165, 1.54) is 24.8 Å². The second kappa shape index (κ2) is 6.58. The largest absolute Gasteiger partial charge is 0.412 e. The average molecular weight is 409 g/mol. The molecule has 1 fully saturated rings. The molecule has 2 atom stereocenters. The molecule has 3 nitrogen and oxygen atoms in total. The molecular weight excluding hydrogens is 380 g/mol. The highest BCUT2D eigenvalue weighted by atomic mass is 79.9. The molecule has 24 heavy (non-hydrogen) atoms. The first-order valence-corrected chi connectivity index (χ1v) is 12.7. The van der Waals surface area contributed by atoms with Crippen LogP contribution in [0.3, 0.4) is 0 Å². The Bertz CT molecular complexity index is 720. The highest BCUT2D eigenvalue weighted by molar-refractivity contribution is 9.10. The SMILES string of the molecule is CC(C)(C)[Si](C)(C)O[C@H]1CCCC[C@@H]1n1cnc2cc(Br)ccc21. The molecule has 0 unspecified atom stereocenters. The predicted molar refractivity (Wildman–Crippen MR) is 107 cm³/mol. The Morgan fingerprint density at radius 2 is 1.92 bits per heavy atom. The smallest absolute Gasteiger partial charge is 0.192 e. The third kappa shape index (κ3) is 3.49. The summed E-state index contributed by atoms with van der Waals surface area (Å²) in [6.07, 6.45) is 7.20. The number of nitrogens with zero attached hydrogens (tertiary/aromatic N) is 2. The van der Waals surface area contributed by atoms with Gasteiger partial charge in [0.1, 0.15) is 0 Å². The molecule has 0 aliphatic heterocycles. The van der Waals surface area contributed by atoms with Gasteiger partial charge >= 0.3 is 0 Å². The van der Waals surface area contributed by atoms with Crippen LogP contribution in [-0.2, 0) is 4.43 Å². The van der Waals surface area contributed by atoms with Crippen molar-refractivity contribution in [3.63, 3.8) is 0 Å². The van der Waals surface area contributed by atoms with E-state index in [9.17, 15) is 0 Å². The van der Waals surface area contributed by atoms with E-state index in [0.29, 0.717) is 12.1 Å². The van der Waals surface area contributed by atoms with Gasteiger partial charge in [-0.2, -0.15) is 0 Å². The predicted octanol–water partition coefficient (Wildman–Crippen LogP) is 6.30. The van der Waals surface area contributed by atoms with Crippen LogP contribution in [0, 0.1) is 0 Å². The number of aromatic nitrogens is 2. The van der Waals surface area contributed by atoms with Gasteiger partial charge in [0.15, 0.2) is 8.32 Å². The first-order chi connectivity index (χ1) is 11.2. The number of rotatable bonds is 3. The summed E-state index contributed by atoms with van der Waals surface area (Å²) >= 11 is 3.54. The molecule has 0 bridgehead atoms. The standard InChI is InChI=1S/C19H29BrN2OSi/c1-19(2,3)24(4,5)23-18-9-7-6-8-17(18)22-13-21-15-12-14(20)10-11-16(15)22/h10-13,17-18H,6-9H2,1-5H3/t17-,18-/m0/s1. The lowest BCUT2D eigenvalue weighted by atomic mass is 9.92. The number of hydrogen-bond acceptors (Lipinski definition) is 2. The van der Waals surface area contributed by atoms with Crippen molar-refractivity contribution in [2.24, 2.45) is 0 Å². The molecule has 1 heterocycles. The van der Waals surface area contributed by atoms with E-state index in [1.54, 1.807) is 0 Å². The van der Waals surface area contributed by atoms with Gasteiger partial charge in [-0.05, 0) is 49.2 Å². The first-order valence-electron chi connectivity index (χ1n) is 8.99. The van der Waals surface area contributed by atoms with E-state index in [1.807, 2.05) is 6.33 Å². The third-order valence-electron chi connectivity index (χ3n) is 5.81. The summed E-state index contributed by atoms with van der Waals surface area (Å²) < 4.78 is 10.3. The fraction of sp³-hybridized carbons (Fsp3) is 0.632. The molecule has 1 aromatic heterocycles. The van der Waals surface area contributed by atoms with Crippen LogP contribution in [0.25, 0.3) is 11.0 Å². The number of fused-ring (bicyclic) bond motifs is 1. The van der Waals surface area contributed by atoms with Gasteiger partial charge in [-0.15, -0.1) is 0 Å². The van der Waals surface area contributed by atoms with Crippen LogP contribution in [-0.4, -0.2) is 24.0 Å². The Labute approximate surface area is 155 Å². The molecular formula is C19H29BrN2OSi. The maximum Gasteiger partial charge on any atom is 0.192 e. The minimum absolute atomic E-state index is 0.247. The van der Waals surface area contributed by atoms with Crippen molar-refractivity contribution < 1.29 is 4.43 Å². The van der Waals surface area contributed by atoms with Crippen LogP contribution in [0.5, 0.6) is 0 Å². The lowest BCUT2D eigenvalue weighted by Gasteiger charge is -2.43. The third-order valence-corrected chi connectivity index (χ3v) is 10.8. The normalized spacial score (nSPS) is 22.9. The molecule has 0 amide bonds. The molecule has 0 radical (unpaired) electrons. The Hall–Kier alpha value is -0.653. The minimum Gasteiger partial charge on any atom is -0.412 e. The van der Waals surface area contributed by atoms with Gasteiger partial charge in [-0.25, -0.2) is 4.98 Å². The van der Waals surface area contributed by atoms with E-state index in [2.05, 4.69) is 77.5 Å². The van der Waals surface area contributed by atoms with E-state index >= 15 is 0 Å². The second-order valence-electron chi connectivity index (χ2n) is 8.55. The maximum absolute atomic E-state index is 6.83. The summed E-state index contributed by atoms with van der Waals surface area (Å²) in [5.74, 6) is 0. The fourth-order valence-electron chi connectivity index (χ4n) is 3.36. The number of benzene rings is 1. The van der Waals surface area contributed by atoms with Crippen molar-refractivity contribution in [3.05, 3.63) is 29.0 Å². The lowest BCUT2D eigenvalue weighted by molar-refractivity contribution is 0.0862. The Morgan fingerprint density at radius 3 is 2.62 bits per heavy atom. The number of halogens is 1. The Kier molecular flexibility index (Phi) is 4.97. The van der Waals surface area contributed by atoms with Crippen LogP contribution in [0.15, 0.2) is 29.0 Å². The van der Waals surface area contributed by atoms with Crippen LogP contribution in [0.1, 0.15) is 52.5 Å². The quantitative estimate of drug-likeness (QED) is 0.556. The van der Waals surface area contributed by atoms with Crippen molar-refractivity contribution >= 4 is 35.3 Å². The summed E-state index contributed by atoms with van der Waals surface area (Å²) in [5, 5.41) is 0.247. The fourth-order valence-corrected chi connectivity index (χ4v) is 5.09. The molecule has 3 rings (SSSR count). The van der Waals surface area contributed by atoms with Crippen LogP contribution < -0.4 is 0 Å². The van der Waals surface area contributed by atoms with Crippen molar-refractivity contribution in [1.29, 1.82) is 0 Å². The first kappa shape index (κ1) is 18.1. The van der Waals surface area contributed by atoms with Gasteiger partial charge in [0.2, 0.25) is 0 Å². The zero-order chi connectivity index (χ0) is 17.5. The second-order valence-corrected chi connectivity index (χ2v) is 14.2. The van der Waals surface area contributed by atoms with Gasteiger partial charge in [0.25, 0.3) is 0 Å². The number of imidazole rings is 1. The molecule has 1 saturated carbocycles. The summed E-state index contributed by atoms with van der Waals surface area (Å²) in [5.41, 5.74) is 2.27. The lowest BCUT2D eigenvalue weighted by Crippen LogP contribution is -2.46. The average Bonchev–Trinajstić information content (AvgIpc) is 2.89. The van der Waals surface area contributed by atoms with E-state index in [-0.39, 0.29) is 5.04 Å². The van der Waals surface area contributed by atoms with Crippen LogP contribution >= 0.6 is 15.9 Å². The molecule has 2 aromatic rings. The summed E-state index contributed by atoms with van der Waals surface area (Å²) in [6.45, 7) is 11.7. The maximum atomic E-state index is 6.83. The van der Waals surface area contributed by atoms with Gasteiger partial charge in [-0.3, -0.25) is 0 Å². The van der Waals surface area contributed by atoms with Gasteiger partial charge < -0.3 is 8.99 Å². The topological polar surface area (TPSA) is 27.1 Å². The highest BCUT2D eigenvalue weighted by Crippen LogP contribution is 2.42. The molecule has 5 heteroatoms. The van der Waals surface area contributed by atoms with Crippen LogP contribution in [0.2, 0.25) is 18.1 Å². The number of hydrogen-bond donors (Lipinski definition) is 0. The Balaban J connectivity index is 1.92. The summed E-state index contributed by atoms with van der Waals surface area (Å²) in [4.78, 5) is 4.62. The van der Waals surface area contributed by atoms with Crippen molar-refractivity contribution in [2.75, 3.05) is 0 Å². The minimum atomic E-state index is -1.76. The molecule has 0 N–H and O–H groups in total. The monoisotopic (exact) mass is 408 g/mol. The van der Waals surface area contributed by atoms with E-state index in [0.717, 1.165) is 16.4 Å². The van der Waals surface area contributed by atoms with Crippen LogP contribution in [0.4, 0.5) is 0 Å². The van der Waals surface area contributed by atoms with Crippen molar-refractivity contribution in [2.45, 2.75) is 76.7 Å².